The van der Waals surface area contributed by atoms with Crippen LogP contribution in [0.3, 0.4) is 0 Å². The van der Waals surface area contributed by atoms with Crippen LogP contribution in [0.15, 0.2) is 60.4 Å². The van der Waals surface area contributed by atoms with Crippen LogP contribution in [-0.4, -0.2) is 171 Å². The molecule has 2 aromatic rings. The van der Waals surface area contributed by atoms with E-state index in [4.69, 9.17) is 5.73 Å². The third-order valence-electron chi connectivity index (χ3n) is 14.6. The topological polar surface area (TPSA) is 392 Å². The molecule has 27 nitrogen and oxygen atoms in total. The molecule has 4 heterocycles. The van der Waals surface area contributed by atoms with Gasteiger partial charge in [0.15, 0.2) is 0 Å². The third-order valence-corrected chi connectivity index (χ3v) is 14.6. The highest BCUT2D eigenvalue weighted by molar-refractivity contribution is 6.06. The minimum atomic E-state index is -1.35. The number of rotatable bonds is 35. The fraction of sp³-hybridized carbons (Fsp3) is 0.567. The van der Waals surface area contributed by atoms with Crippen LogP contribution in [0.2, 0.25) is 0 Å². The molecule has 476 valence electrons. The van der Waals surface area contributed by atoms with E-state index in [9.17, 15) is 62.6 Å². The molecule has 0 unspecified atom stereocenters. The number of aromatic nitrogens is 2. The van der Waals surface area contributed by atoms with E-state index in [0.717, 1.165) is 4.90 Å². The Labute approximate surface area is 507 Å². The predicted octanol–water partition coefficient (Wildman–Crippen LogP) is 0.365. The Kier molecular flexibility index (Phi) is 29.1. The van der Waals surface area contributed by atoms with E-state index in [1.54, 1.807) is 65.8 Å². The van der Waals surface area contributed by atoms with Crippen LogP contribution in [0.4, 0.5) is 0 Å². The highest BCUT2D eigenvalue weighted by Crippen LogP contribution is 2.24. The maximum atomic E-state index is 14.8. The molecule has 8 atom stereocenters. The minimum Gasteiger partial charge on any atom is -0.480 e. The van der Waals surface area contributed by atoms with Crippen molar-refractivity contribution in [1.29, 1.82) is 0 Å². The van der Waals surface area contributed by atoms with Gasteiger partial charge in [-0.1, -0.05) is 67.5 Å². The summed E-state index contributed by atoms with van der Waals surface area (Å²) in [7, 11) is 0. The van der Waals surface area contributed by atoms with Gasteiger partial charge in [0, 0.05) is 51.0 Å². The van der Waals surface area contributed by atoms with Crippen molar-refractivity contribution >= 4 is 84.1 Å². The lowest BCUT2D eigenvalue weighted by Gasteiger charge is -2.30. The molecule has 0 saturated carbocycles. The van der Waals surface area contributed by atoms with Gasteiger partial charge in [0.05, 0.1) is 6.04 Å². The number of carboxylic acid groups (broad SMARTS) is 1. The number of aliphatic carboxylic acids is 1. The summed E-state index contributed by atoms with van der Waals surface area (Å²) in [5, 5.41) is 33.9. The molecule has 4 rings (SSSR count). The molecule has 0 radical (unpaired) electrons. The van der Waals surface area contributed by atoms with Crippen LogP contribution in [0, 0.1) is 23.7 Å². The van der Waals surface area contributed by atoms with Gasteiger partial charge in [-0.25, -0.2) is 4.79 Å². The Morgan fingerprint density at radius 2 is 1.00 bits per heavy atom. The molecule has 0 aliphatic carbocycles. The summed E-state index contributed by atoms with van der Waals surface area (Å²) >= 11 is 0. The molecule has 2 aromatic heterocycles. The van der Waals surface area contributed by atoms with E-state index in [2.05, 4.69) is 57.8 Å². The Morgan fingerprint density at radius 3 is 1.39 bits per heavy atom. The first-order valence-corrected chi connectivity index (χ1v) is 29.7. The number of likely N-dealkylation sites (tertiary alicyclic amines) is 2. The van der Waals surface area contributed by atoms with Crippen molar-refractivity contribution < 1.29 is 62.6 Å². The molecule has 27 heteroatoms. The Morgan fingerprint density at radius 1 is 0.575 bits per heavy atom. The average Bonchev–Trinajstić information content (AvgIpc) is 2.55. The van der Waals surface area contributed by atoms with Crippen LogP contribution >= 0.6 is 0 Å². The lowest BCUT2D eigenvalue weighted by atomic mass is 10.00. The van der Waals surface area contributed by atoms with Crippen LogP contribution in [0.25, 0.3) is 12.2 Å². The second-order valence-electron chi connectivity index (χ2n) is 23.3. The summed E-state index contributed by atoms with van der Waals surface area (Å²) < 4.78 is 0. The Balaban J connectivity index is 1.59. The second kappa shape index (κ2) is 35.7. The molecule has 12 N–H and O–H groups in total. The number of nitrogens with two attached hydrogens (primary N) is 1. The number of carbonyl (C=O) groups is 12. The molecule has 2 fully saturated rings. The standard InChI is InChI=1S/C60H88N14O13/c1-35(2)27-43(68-51(77)41(17-11-23-64-33-75)66-56(82)49(61)37(5)6)53(79)70-45(29-39-15-9-21-62-31-39)58(84)73-25-13-19-47(73)55(81)72-50(38(7)8)57(83)67-42(18-12-24-65-34-76)52(78)69-44(28-36(3)4)54(80)71-46(30-40-16-10-22-63-32-40)59(85)74-26-14-20-48(74)60(86)87/h9-10,15-16,21-22,29-38,41-44,47-50H,11-14,17-20,23-28,61H2,1-8H3,(H,64,75)(H,65,76)(H,66,82)(H,67,83)(H,68,77)(H,69,78)(H,70,79)(H,71,80)(H,72,81)(H,86,87)/b45-29-,46-30-/t41-,42-,43-,44-,47-,48-,49-,50-/m0/s1. The van der Waals surface area contributed by atoms with Gasteiger partial charge in [-0.2, -0.15) is 0 Å². The van der Waals surface area contributed by atoms with Gasteiger partial charge in [-0.05, 0) is 123 Å². The summed E-state index contributed by atoms with van der Waals surface area (Å²) in [4.78, 5) is 173. The highest BCUT2D eigenvalue weighted by atomic mass is 16.4. The van der Waals surface area contributed by atoms with E-state index in [1.807, 2.05) is 13.8 Å². The van der Waals surface area contributed by atoms with E-state index in [0.29, 0.717) is 36.8 Å². The zero-order valence-electron chi connectivity index (χ0n) is 51.0. The van der Waals surface area contributed by atoms with Gasteiger partial charge in [0.1, 0.15) is 53.7 Å². The third kappa shape index (κ3) is 22.6. The number of nitrogens with zero attached hydrogens (tertiary/aromatic N) is 4. The number of carbonyl (C=O) groups excluding carboxylic acids is 11. The predicted molar refractivity (Wildman–Crippen MR) is 321 cm³/mol. The summed E-state index contributed by atoms with van der Waals surface area (Å²) in [6.45, 7) is 14.5. The van der Waals surface area contributed by atoms with E-state index in [1.165, 1.54) is 41.8 Å². The molecular formula is C60H88N14O13. The molecule has 87 heavy (non-hydrogen) atoms. The molecule has 0 bridgehead atoms. The summed E-state index contributed by atoms with van der Waals surface area (Å²) in [5.41, 5.74) is 6.40. The molecule has 2 aliphatic heterocycles. The zero-order chi connectivity index (χ0) is 64.3. The van der Waals surface area contributed by atoms with Gasteiger partial charge in [-0.15, -0.1) is 0 Å². The van der Waals surface area contributed by atoms with E-state index >= 15 is 0 Å². The Hall–Kier alpha value is -8.62. The first kappa shape index (κ1) is 70.9. The number of amides is 11. The van der Waals surface area contributed by atoms with Crippen molar-refractivity contribution in [2.75, 3.05) is 26.2 Å². The van der Waals surface area contributed by atoms with Gasteiger partial charge in [-0.3, -0.25) is 62.7 Å². The summed E-state index contributed by atoms with van der Waals surface area (Å²) in [6, 6.07) is -3.11. The van der Waals surface area contributed by atoms with E-state index < -0.39 is 113 Å². The van der Waals surface area contributed by atoms with Gasteiger partial charge in [0.2, 0.25) is 54.2 Å². The van der Waals surface area contributed by atoms with Crippen molar-refractivity contribution in [3.05, 3.63) is 71.6 Å². The van der Waals surface area contributed by atoms with Crippen LogP contribution in [0.5, 0.6) is 0 Å². The van der Waals surface area contributed by atoms with Gasteiger partial charge < -0.3 is 68.5 Å². The summed E-state index contributed by atoms with van der Waals surface area (Å²) in [5.74, 6) is -9.20. The van der Waals surface area contributed by atoms with Crippen molar-refractivity contribution in [3.63, 3.8) is 0 Å². The molecule has 0 spiro atoms. The van der Waals surface area contributed by atoms with Gasteiger partial charge in [0.25, 0.3) is 11.8 Å². The van der Waals surface area contributed by atoms with Crippen molar-refractivity contribution in [2.24, 2.45) is 29.4 Å². The lowest BCUT2D eigenvalue weighted by Crippen LogP contribution is -2.59. The normalized spacial score (nSPS) is 17.3. The fourth-order valence-corrected chi connectivity index (χ4v) is 9.90. The van der Waals surface area contributed by atoms with Crippen molar-refractivity contribution in [3.8, 4) is 0 Å². The average molecular weight is 1210 g/mol. The molecule has 2 saturated heterocycles. The molecule has 0 aromatic carbocycles. The van der Waals surface area contributed by atoms with E-state index in [-0.39, 0.29) is 107 Å². The van der Waals surface area contributed by atoms with Crippen molar-refractivity contribution in [1.82, 2.24) is 67.6 Å². The monoisotopic (exact) mass is 1210 g/mol. The number of hydrogen-bond donors (Lipinski definition) is 11. The second-order valence-corrected chi connectivity index (χ2v) is 23.3. The number of carboxylic acids is 1. The zero-order valence-corrected chi connectivity index (χ0v) is 51.0. The smallest absolute Gasteiger partial charge is 0.326 e. The first-order chi connectivity index (χ1) is 41.4. The first-order valence-electron chi connectivity index (χ1n) is 29.7. The maximum absolute atomic E-state index is 14.8. The quantitative estimate of drug-likeness (QED) is 0.0252. The summed E-state index contributed by atoms with van der Waals surface area (Å²) in [6.07, 6.45) is 11.4. The molecule has 11 amide bonds. The minimum absolute atomic E-state index is 0.0545. The lowest BCUT2D eigenvalue weighted by molar-refractivity contribution is -0.147. The van der Waals surface area contributed by atoms with Crippen LogP contribution in [-0.2, 0) is 57.5 Å². The number of hydrogen-bond acceptors (Lipinski definition) is 15. The number of nitrogens with one attached hydrogen (secondary N) is 9. The number of pyridine rings is 2. The van der Waals surface area contributed by atoms with Crippen LogP contribution < -0.4 is 53.6 Å². The highest BCUT2D eigenvalue weighted by Gasteiger charge is 2.41. The molecular weight excluding hydrogens is 1120 g/mol. The van der Waals surface area contributed by atoms with Crippen LogP contribution in [0.1, 0.15) is 131 Å². The Bertz CT molecular complexity index is 2760. The molecule has 2 aliphatic rings. The fourth-order valence-electron chi connectivity index (χ4n) is 9.90. The largest absolute Gasteiger partial charge is 0.480 e. The van der Waals surface area contributed by atoms with Crippen molar-refractivity contribution in [2.45, 2.75) is 168 Å². The van der Waals surface area contributed by atoms with Gasteiger partial charge >= 0.3 is 5.97 Å². The SMILES string of the molecule is CC(C)C[C@H](NC(=O)[C@H](CCCNC=O)NC(=O)[C@@H](NC(=O)[C@@H]1CCCN1C(=O)/C(=C/c1cccnc1)NC(=O)[C@H](CC(C)C)NC(=O)[C@H](CCCNC=O)NC(=O)[C@@H](N)C(C)C)C(C)C)C(=O)N/C(=C\c1cccnc1)C(=O)N1CCC[C@H]1C(=O)O. The maximum Gasteiger partial charge on any atom is 0.326 e.